The summed E-state index contributed by atoms with van der Waals surface area (Å²) in [7, 11) is 3.17. The fourth-order valence-electron chi connectivity index (χ4n) is 1.88. The highest BCUT2D eigenvalue weighted by atomic mass is 16.5. The second-order valence-corrected chi connectivity index (χ2v) is 4.29. The fourth-order valence-corrected chi connectivity index (χ4v) is 1.88. The molecule has 0 saturated carbocycles. The van der Waals surface area contributed by atoms with E-state index < -0.39 is 0 Å². The minimum absolute atomic E-state index is 0.363. The summed E-state index contributed by atoms with van der Waals surface area (Å²) in [5.41, 5.74) is 1.82. The van der Waals surface area contributed by atoms with Gasteiger partial charge in [0.05, 0.1) is 13.3 Å². The molecular weight excluding hydrogens is 268 g/mol. The van der Waals surface area contributed by atoms with Gasteiger partial charge in [-0.2, -0.15) is 10.2 Å². The molecule has 1 aromatic carbocycles. The van der Waals surface area contributed by atoms with Crippen LogP contribution in [0.2, 0.25) is 0 Å². The summed E-state index contributed by atoms with van der Waals surface area (Å²) < 4.78 is 10.4. The average molecular weight is 284 g/mol. The van der Waals surface area contributed by atoms with E-state index in [1.165, 1.54) is 0 Å². The van der Waals surface area contributed by atoms with Crippen molar-refractivity contribution in [3.05, 3.63) is 53.6 Å². The standard InChI is InChI=1S/C16H16N2O3/c1-20-14-7-3-5-12(9-14)10-17-18-16-13(11-19)6-4-8-15(16)21-2/h3-11,15H,1-2H3. The van der Waals surface area contributed by atoms with Gasteiger partial charge in [0.15, 0.2) is 6.29 Å². The Balaban J connectivity index is 2.21. The molecule has 0 amide bonds. The van der Waals surface area contributed by atoms with Gasteiger partial charge in [-0.15, -0.1) is 0 Å². The first kappa shape index (κ1) is 14.9. The predicted molar refractivity (Wildman–Crippen MR) is 82.1 cm³/mol. The first-order valence-electron chi connectivity index (χ1n) is 6.40. The summed E-state index contributed by atoms with van der Waals surface area (Å²) in [5, 5.41) is 8.14. The molecule has 0 N–H and O–H groups in total. The van der Waals surface area contributed by atoms with Crippen LogP contribution in [0.15, 0.2) is 58.3 Å². The summed E-state index contributed by atoms with van der Waals surface area (Å²) in [6.45, 7) is 0. The number of rotatable bonds is 5. The molecule has 0 aliphatic heterocycles. The molecule has 1 unspecified atom stereocenters. The molecule has 0 fully saturated rings. The highest BCUT2D eigenvalue weighted by Crippen LogP contribution is 2.13. The maximum absolute atomic E-state index is 11.0. The van der Waals surface area contributed by atoms with Crippen LogP contribution in [0.3, 0.4) is 0 Å². The summed E-state index contributed by atoms with van der Waals surface area (Å²) in [6, 6.07) is 7.45. The third kappa shape index (κ3) is 3.73. The van der Waals surface area contributed by atoms with Crippen molar-refractivity contribution >= 4 is 18.2 Å². The zero-order valence-corrected chi connectivity index (χ0v) is 11.9. The Morgan fingerprint density at radius 3 is 2.86 bits per heavy atom. The van der Waals surface area contributed by atoms with Gasteiger partial charge in [-0.3, -0.25) is 4.79 Å². The average Bonchev–Trinajstić information content (AvgIpc) is 2.55. The van der Waals surface area contributed by atoms with Gasteiger partial charge < -0.3 is 9.47 Å². The van der Waals surface area contributed by atoms with Crippen LogP contribution < -0.4 is 4.74 Å². The number of hydrogen-bond donors (Lipinski definition) is 0. The second kappa shape index (κ2) is 7.31. The molecule has 108 valence electrons. The lowest BCUT2D eigenvalue weighted by Gasteiger charge is -2.15. The lowest BCUT2D eigenvalue weighted by atomic mass is 10.0. The van der Waals surface area contributed by atoms with E-state index in [2.05, 4.69) is 10.2 Å². The normalized spacial score (nSPS) is 19.8. The maximum atomic E-state index is 11.0. The monoisotopic (exact) mass is 284 g/mol. The molecule has 0 radical (unpaired) electrons. The van der Waals surface area contributed by atoms with Crippen LogP contribution in [0.5, 0.6) is 5.75 Å². The summed E-state index contributed by atoms with van der Waals surface area (Å²) in [4.78, 5) is 11.0. The Bertz CT molecular complexity index is 630. The van der Waals surface area contributed by atoms with Crippen molar-refractivity contribution in [2.75, 3.05) is 14.2 Å². The molecule has 1 aliphatic carbocycles. The van der Waals surface area contributed by atoms with Crippen LogP contribution in [0.1, 0.15) is 5.56 Å². The largest absolute Gasteiger partial charge is 0.497 e. The van der Waals surface area contributed by atoms with Gasteiger partial charge >= 0.3 is 0 Å². The number of allylic oxidation sites excluding steroid dienone is 2. The van der Waals surface area contributed by atoms with Crippen LogP contribution in [0, 0.1) is 0 Å². The van der Waals surface area contributed by atoms with Crippen LogP contribution in [0.25, 0.3) is 0 Å². The van der Waals surface area contributed by atoms with Gasteiger partial charge in [0.1, 0.15) is 17.6 Å². The highest BCUT2D eigenvalue weighted by Gasteiger charge is 2.19. The maximum Gasteiger partial charge on any atom is 0.152 e. The number of methoxy groups -OCH3 is 2. The van der Waals surface area contributed by atoms with E-state index in [4.69, 9.17) is 9.47 Å². The first-order valence-corrected chi connectivity index (χ1v) is 6.40. The van der Waals surface area contributed by atoms with E-state index in [-0.39, 0.29) is 6.10 Å². The number of benzene rings is 1. The summed E-state index contributed by atoms with van der Waals surface area (Å²) >= 11 is 0. The number of aldehydes is 1. The number of hydrogen-bond acceptors (Lipinski definition) is 5. The Morgan fingerprint density at radius 1 is 1.29 bits per heavy atom. The van der Waals surface area contributed by atoms with E-state index >= 15 is 0 Å². The van der Waals surface area contributed by atoms with E-state index in [0.717, 1.165) is 17.6 Å². The zero-order chi connectivity index (χ0) is 15.1. The van der Waals surface area contributed by atoms with Crippen LogP contribution in [-0.4, -0.2) is 38.5 Å². The third-order valence-electron chi connectivity index (χ3n) is 2.97. The molecule has 5 heteroatoms. The van der Waals surface area contributed by atoms with Gasteiger partial charge in [0.2, 0.25) is 0 Å². The highest BCUT2D eigenvalue weighted by molar-refractivity contribution is 6.18. The van der Waals surface area contributed by atoms with Gasteiger partial charge in [0.25, 0.3) is 0 Å². The van der Waals surface area contributed by atoms with Crippen LogP contribution in [-0.2, 0) is 9.53 Å². The van der Waals surface area contributed by atoms with Crippen molar-refractivity contribution in [3.63, 3.8) is 0 Å². The number of carbonyl (C=O) groups is 1. The lowest BCUT2D eigenvalue weighted by molar-refractivity contribution is -0.104. The Hall–Kier alpha value is -2.53. The Labute approximate surface area is 123 Å². The van der Waals surface area contributed by atoms with Crippen molar-refractivity contribution in [2.24, 2.45) is 10.2 Å². The van der Waals surface area contributed by atoms with Crippen LogP contribution >= 0.6 is 0 Å². The molecule has 0 aromatic heterocycles. The van der Waals surface area contributed by atoms with E-state index in [9.17, 15) is 4.79 Å². The quantitative estimate of drug-likeness (QED) is 0.473. The number of nitrogens with zero attached hydrogens (tertiary/aromatic N) is 2. The minimum atomic E-state index is -0.363. The first-order chi connectivity index (χ1) is 10.3. The van der Waals surface area contributed by atoms with Crippen molar-refractivity contribution in [1.29, 1.82) is 0 Å². The molecule has 21 heavy (non-hydrogen) atoms. The van der Waals surface area contributed by atoms with E-state index in [0.29, 0.717) is 11.3 Å². The number of carbonyl (C=O) groups excluding carboxylic acids is 1. The van der Waals surface area contributed by atoms with Gasteiger partial charge in [-0.25, -0.2) is 0 Å². The lowest BCUT2D eigenvalue weighted by Crippen LogP contribution is -2.25. The predicted octanol–water partition coefficient (Wildman–Crippen LogP) is 2.18. The molecule has 1 aromatic rings. The Morgan fingerprint density at radius 2 is 2.14 bits per heavy atom. The molecule has 1 atom stereocenters. The molecule has 1 aliphatic rings. The molecule has 0 heterocycles. The molecule has 5 nitrogen and oxygen atoms in total. The fraction of sp³-hybridized carbons (Fsp3) is 0.188. The molecule has 0 saturated heterocycles. The smallest absolute Gasteiger partial charge is 0.152 e. The zero-order valence-electron chi connectivity index (χ0n) is 11.9. The molecule has 0 spiro atoms. The van der Waals surface area contributed by atoms with Crippen molar-refractivity contribution in [1.82, 2.24) is 0 Å². The minimum Gasteiger partial charge on any atom is -0.497 e. The summed E-state index contributed by atoms with van der Waals surface area (Å²) in [5.74, 6) is 0.746. The topological polar surface area (TPSA) is 60.2 Å². The summed E-state index contributed by atoms with van der Waals surface area (Å²) in [6.07, 6.45) is 7.24. The molecule has 2 rings (SSSR count). The van der Waals surface area contributed by atoms with Crippen molar-refractivity contribution in [2.45, 2.75) is 6.10 Å². The Kier molecular flexibility index (Phi) is 5.17. The van der Waals surface area contributed by atoms with E-state index in [1.54, 1.807) is 32.6 Å². The third-order valence-corrected chi connectivity index (χ3v) is 2.97. The number of ether oxygens (including phenoxy) is 2. The SMILES string of the molecule is COc1cccc(C=NN=C2C(C=O)=CC=CC2OC)c1. The van der Waals surface area contributed by atoms with E-state index in [1.807, 2.05) is 30.3 Å². The van der Waals surface area contributed by atoms with Crippen molar-refractivity contribution < 1.29 is 14.3 Å². The second-order valence-electron chi connectivity index (χ2n) is 4.29. The van der Waals surface area contributed by atoms with Gasteiger partial charge in [0, 0.05) is 12.7 Å². The van der Waals surface area contributed by atoms with Crippen molar-refractivity contribution in [3.8, 4) is 5.75 Å². The van der Waals surface area contributed by atoms with Gasteiger partial charge in [-0.05, 0) is 29.8 Å². The molecular formula is C16H16N2O3. The molecule has 0 bridgehead atoms. The van der Waals surface area contributed by atoms with Crippen LogP contribution in [0.4, 0.5) is 0 Å². The van der Waals surface area contributed by atoms with Gasteiger partial charge in [-0.1, -0.05) is 18.2 Å².